The normalized spacial score (nSPS) is 15.2. The van der Waals surface area contributed by atoms with Crippen LogP contribution in [0.3, 0.4) is 0 Å². The zero-order valence-corrected chi connectivity index (χ0v) is 18.8. The summed E-state index contributed by atoms with van der Waals surface area (Å²) in [7, 11) is 0. The van der Waals surface area contributed by atoms with Crippen LogP contribution in [0.5, 0.6) is 5.75 Å². The number of thioether (sulfide) groups is 1. The Morgan fingerprint density at radius 3 is 2.68 bits per heavy atom. The smallest absolute Gasteiger partial charge is 0.293 e. The van der Waals surface area contributed by atoms with E-state index in [4.69, 9.17) is 32.4 Å². The van der Waals surface area contributed by atoms with E-state index in [0.717, 1.165) is 22.9 Å². The first-order valence-corrected chi connectivity index (χ1v) is 11.0. The molecule has 0 atom stereocenters. The molecule has 1 fully saturated rings. The molecule has 2 aromatic carbocycles. The number of halogens is 2. The fourth-order valence-electron chi connectivity index (χ4n) is 3.02. The molecule has 0 saturated carbocycles. The van der Waals surface area contributed by atoms with E-state index in [1.54, 1.807) is 36.4 Å². The second kappa shape index (κ2) is 9.22. The maximum atomic E-state index is 12.7. The second-order valence-electron chi connectivity index (χ2n) is 6.83. The first-order valence-electron chi connectivity index (χ1n) is 9.41. The van der Waals surface area contributed by atoms with Crippen LogP contribution in [0.2, 0.25) is 10.0 Å². The number of aryl methyl sites for hydroxylation is 1. The monoisotopic (exact) mass is 473 g/mol. The van der Waals surface area contributed by atoms with E-state index < -0.39 is 0 Å². The third-order valence-corrected chi connectivity index (χ3v) is 6.20. The highest BCUT2D eigenvalue weighted by atomic mass is 35.5. The van der Waals surface area contributed by atoms with Crippen LogP contribution in [0.4, 0.5) is 4.79 Å². The van der Waals surface area contributed by atoms with Crippen molar-refractivity contribution in [1.29, 1.82) is 0 Å². The van der Waals surface area contributed by atoms with E-state index in [2.05, 4.69) is 0 Å². The molecule has 0 N–H and O–H groups in total. The van der Waals surface area contributed by atoms with E-state index in [0.29, 0.717) is 32.2 Å². The van der Waals surface area contributed by atoms with E-state index in [9.17, 15) is 9.59 Å². The Labute approximate surface area is 193 Å². The molecule has 0 spiro atoms. The van der Waals surface area contributed by atoms with Crippen molar-refractivity contribution >= 4 is 52.2 Å². The van der Waals surface area contributed by atoms with Crippen LogP contribution in [-0.4, -0.2) is 29.2 Å². The first kappa shape index (κ1) is 21.6. The molecule has 31 heavy (non-hydrogen) atoms. The van der Waals surface area contributed by atoms with Crippen LogP contribution in [0.15, 0.2) is 63.9 Å². The molecule has 3 aromatic rings. The molecule has 0 aliphatic carbocycles. The average Bonchev–Trinajstić information content (AvgIpc) is 3.30. The summed E-state index contributed by atoms with van der Waals surface area (Å²) in [6, 6.07) is 16.3. The lowest BCUT2D eigenvalue weighted by Crippen LogP contribution is -2.32. The lowest BCUT2D eigenvalue weighted by atomic mass is 10.2. The summed E-state index contributed by atoms with van der Waals surface area (Å²) in [4.78, 5) is 26.4. The van der Waals surface area contributed by atoms with Crippen LogP contribution in [0, 0.1) is 6.92 Å². The van der Waals surface area contributed by atoms with Gasteiger partial charge >= 0.3 is 0 Å². The molecule has 8 heteroatoms. The van der Waals surface area contributed by atoms with Crippen LogP contribution < -0.4 is 4.74 Å². The predicted molar refractivity (Wildman–Crippen MR) is 124 cm³/mol. The lowest BCUT2D eigenvalue weighted by Gasteiger charge is -2.13. The summed E-state index contributed by atoms with van der Waals surface area (Å²) in [6.07, 6.45) is 1.56. The molecular weight excluding hydrogens is 457 g/mol. The Kier molecular flexibility index (Phi) is 6.41. The summed E-state index contributed by atoms with van der Waals surface area (Å²) in [5, 5.41) is 0.545. The summed E-state index contributed by atoms with van der Waals surface area (Å²) < 4.78 is 11.5. The van der Waals surface area contributed by atoms with Crippen molar-refractivity contribution in [3.05, 3.63) is 80.9 Å². The highest BCUT2D eigenvalue weighted by molar-refractivity contribution is 8.18. The van der Waals surface area contributed by atoms with Gasteiger partial charge in [0.05, 0.1) is 21.5 Å². The maximum absolute atomic E-state index is 12.7. The van der Waals surface area contributed by atoms with Gasteiger partial charge in [-0.05, 0) is 66.7 Å². The van der Waals surface area contributed by atoms with Crippen molar-refractivity contribution < 1.29 is 18.7 Å². The van der Waals surface area contributed by atoms with Gasteiger partial charge in [-0.2, -0.15) is 0 Å². The zero-order chi connectivity index (χ0) is 22.0. The number of amides is 2. The number of carbonyl (C=O) groups is 2. The van der Waals surface area contributed by atoms with Crippen LogP contribution in [-0.2, 0) is 4.79 Å². The number of ether oxygens (including phenoxy) is 1. The lowest BCUT2D eigenvalue weighted by molar-refractivity contribution is -0.123. The van der Waals surface area contributed by atoms with Gasteiger partial charge in [-0.25, -0.2) is 0 Å². The van der Waals surface area contributed by atoms with Crippen LogP contribution in [0.25, 0.3) is 17.4 Å². The van der Waals surface area contributed by atoms with Crippen molar-refractivity contribution in [3.63, 3.8) is 0 Å². The summed E-state index contributed by atoms with van der Waals surface area (Å²) >= 11 is 12.9. The van der Waals surface area contributed by atoms with Gasteiger partial charge in [0, 0.05) is 11.6 Å². The number of imide groups is 1. The third kappa shape index (κ3) is 4.98. The minimum atomic E-state index is -0.365. The number of benzene rings is 2. The number of nitrogens with zero attached hydrogens (tertiary/aromatic N) is 1. The number of hydrogen-bond donors (Lipinski definition) is 0. The van der Waals surface area contributed by atoms with Gasteiger partial charge in [0.15, 0.2) is 0 Å². The van der Waals surface area contributed by atoms with Crippen molar-refractivity contribution in [2.75, 3.05) is 13.2 Å². The van der Waals surface area contributed by atoms with Gasteiger partial charge in [-0.3, -0.25) is 14.5 Å². The molecule has 1 aliphatic rings. The van der Waals surface area contributed by atoms with Gasteiger partial charge in [-0.1, -0.05) is 35.3 Å². The van der Waals surface area contributed by atoms with E-state index >= 15 is 0 Å². The number of carbonyl (C=O) groups excluding carboxylic acids is 2. The van der Waals surface area contributed by atoms with E-state index in [1.165, 1.54) is 4.90 Å². The Morgan fingerprint density at radius 1 is 1.06 bits per heavy atom. The quantitative estimate of drug-likeness (QED) is 0.373. The Bertz CT molecular complexity index is 1190. The Balaban J connectivity index is 1.42. The summed E-state index contributed by atoms with van der Waals surface area (Å²) in [5.41, 5.74) is 1.83. The molecule has 1 aliphatic heterocycles. The summed E-state index contributed by atoms with van der Waals surface area (Å²) in [6.45, 7) is 2.36. The molecule has 2 amide bonds. The number of furan rings is 1. The Hall–Kier alpha value is -2.67. The molecule has 0 radical (unpaired) electrons. The first-order chi connectivity index (χ1) is 14.9. The molecule has 5 nitrogen and oxygen atoms in total. The van der Waals surface area contributed by atoms with Crippen molar-refractivity contribution in [3.8, 4) is 17.1 Å². The molecular formula is C23H17Cl2NO4S. The number of rotatable bonds is 6. The standard InChI is InChI=1S/C23H17Cl2NO4S/c1-14-3-2-4-16(11-14)29-10-9-26-22(27)21(31-23(26)28)13-17-6-8-20(30-17)15-5-7-18(24)19(25)12-15/h2-8,11-13H,9-10H2,1H3/b21-13-. The molecule has 2 heterocycles. The molecule has 158 valence electrons. The largest absolute Gasteiger partial charge is 0.492 e. The Morgan fingerprint density at radius 2 is 1.90 bits per heavy atom. The minimum Gasteiger partial charge on any atom is -0.492 e. The highest BCUT2D eigenvalue weighted by Gasteiger charge is 2.35. The fraction of sp³-hybridized carbons (Fsp3) is 0.130. The van der Waals surface area contributed by atoms with E-state index in [-0.39, 0.29) is 24.3 Å². The van der Waals surface area contributed by atoms with Crippen molar-refractivity contribution in [1.82, 2.24) is 4.90 Å². The van der Waals surface area contributed by atoms with E-state index in [1.807, 2.05) is 31.2 Å². The van der Waals surface area contributed by atoms with Crippen molar-refractivity contribution in [2.24, 2.45) is 0 Å². The molecule has 1 aromatic heterocycles. The predicted octanol–water partition coefficient (Wildman–Crippen LogP) is 6.68. The molecule has 4 rings (SSSR count). The third-order valence-electron chi connectivity index (χ3n) is 4.55. The fourth-order valence-corrected chi connectivity index (χ4v) is 4.16. The second-order valence-corrected chi connectivity index (χ2v) is 8.64. The van der Waals surface area contributed by atoms with Gasteiger partial charge < -0.3 is 9.15 Å². The van der Waals surface area contributed by atoms with Gasteiger partial charge in [-0.15, -0.1) is 0 Å². The van der Waals surface area contributed by atoms with Gasteiger partial charge in [0.2, 0.25) is 0 Å². The van der Waals surface area contributed by atoms with Crippen LogP contribution >= 0.6 is 35.0 Å². The van der Waals surface area contributed by atoms with Gasteiger partial charge in [0.25, 0.3) is 11.1 Å². The SMILES string of the molecule is Cc1cccc(OCCN2C(=O)S/C(=C\c3ccc(-c4ccc(Cl)c(Cl)c4)o3)C2=O)c1. The molecule has 0 unspecified atom stereocenters. The molecule has 0 bridgehead atoms. The summed E-state index contributed by atoms with van der Waals surface area (Å²) in [5.74, 6) is 1.38. The minimum absolute atomic E-state index is 0.169. The molecule has 1 saturated heterocycles. The average molecular weight is 474 g/mol. The maximum Gasteiger partial charge on any atom is 0.293 e. The number of hydrogen-bond acceptors (Lipinski definition) is 5. The topological polar surface area (TPSA) is 59.8 Å². The van der Waals surface area contributed by atoms with Crippen LogP contribution in [0.1, 0.15) is 11.3 Å². The zero-order valence-electron chi connectivity index (χ0n) is 16.4. The highest BCUT2D eigenvalue weighted by Crippen LogP contribution is 2.34. The van der Waals surface area contributed by atoms with Crippen molar-refractivity contribution in [2.45, 2.75) is 6.92 Å². The van der Waals surface area contributed by atoms with Gasteiger partial charge in [0.1, 0.15) is 23.9 Å².